The summed E-state index contributed by atoms with van der Waals surface area (Å²) >= 11 is 0. The molecule has 1 atom stereocenters. The molecule has 1 aromatic rings. The van der Waals surface area contributed by atoms with Crippen molar-refractivity contribution in [2.24, 2.45) is 5.92 Å². The summed E-state index contributed by atoms with van der Waals surface area (Å²) < 4.78 is 0. The molecule has 1 amide bonds. The summed E-state index contributed by atoms with van der Waals surface area (Å²) in [6.45, 7) is 1.97. The molecular formula is C13H17N3O3. The lowest BCUT2D eigenvalue weighted by atomic mass is 9.80. The number of hydrogen-bond donors (Lipinski definition) is 2. The summed E-state index contributed by atoms with van der Waals surface area (Å²) in [6, 6.07) is 4.21. The maximum absolute atomic E-state index is 12.0. The quantitative estimate of drug-likeness (QED) is 0.493. The first-order valence-corrected chi connectivity index (χ1v) is 6.34. The van der Waals surface area contributed by atoms with Gasteiger partial charge in [-0.1, -0.05) is 6.42 Å². The van der Waals surface area contributed by atoms with Crippen LogP contribution in [-0.2, 0) is 0 Å². The number of anilines is 1. The van der Waals surface area contributed by atoms with Crippen molar-refractivity contribution < 1.29 is 9.72 Å². The number of amides is 1. The Morgan fingerprint density at radius 2 is 2.21 bits per heavy atom. The molecule has 1 saturated carbocycles. The number of hydrogen-bond acceptors (Lipinski definition) is 4. The first-order chi connectivity index (χ1) is 8.99. The Bertz CT molecular complexity index is 512. The highest BCUT2D eigenvalue weighted by Crippen LogP contribution is 2.29. The number of carbonyl (C=O) groups excluding carboxylic acids is 1. The number of rotatable bonds is 4. The number of benzene rings is 1. The first kappa shape index (κ1) is 13.3. The number of nitro groups is 1. The Kier molecular flexibility index (Phi) is 3.69. The van der Waals surface area contributed by atoms with Gasteiger partial charge in [0.05, 0.1) is 4.92 Å². The fourth-order valence-corrected chi connectivity index (χ4v) is 2.19. The minimum atomic E-state index is -0.582. The van der Waals surface area contributed by atoms with E-state index in [0.29, 0.717) is 5.92 Å². The molecule has 1 aromatic carbocycles. The van der Waals surface area contributed by atoms with Crippen LogP contribution >= 0.6 is 0 Å². The fraction of sp³-hybridized carbons (Fsp3) is 0.462. The molecule has 0 bridgehead atoms. The maximum atomic E-state index is 12.0. The van der Waals surface area contributed by atoms with Crippen molar-refractivity contribution in [3.8, 4) is 0 Å². The third-order valence-corrected chi connectivity index (χ3v) is 3.71. The molecule has 0 spiro atoms. The topological polar surface area (TPSA) is 98.3 Å². The number of nitrogens with zero attached hydrogens (tertiary/aromatic N) is 1. The lowest BCUT2D eigenvalue weighted by Crippen LogP contribution is -2.40. The minimum Gasteiger partial charge on any atom is -0.393 e. The number of nitrogens with two attached hydrogens (primary N) is 1. The van der Waals surface area contributed by atoms with Gasteiger partial charge in [0.25, 0.3) is 11.6 Å². The third kappa shape index (κ3) is 2.83. The van der Waals surface area contributed by atoms with E-state index in [-0.39, 0.29) is 28.9 Å². The van der Waals surface area contributed by atoms with Crippen LogP contribution < -0.4 is 11.1 Å². The second kappa shape index (κ2) is 5.26. The molecule has 0 heterocycles. The highest BCUT2D eigenvalue weighted by atomic mass is 16.6. The molecule has 1 unspecified atom stereocenters. The molecular weight excluding hydrogens is 246 g/mol. The Morgan fingerprint density at radius 3 is 2.74 bits per heavy atom. The standard InChI is InChI=1S/C13H17N3O3/c1-8(9-3-2-4-9)15-13(17)10-5-6-11(14)12(7-10)16(18)19/h5-9H,2-4,14H2,1H3,(H,15,17). The van der Waals surface area contributed by atoms with E-state index in [0.717, 1.165) is 12.8 Å². The molecule has 0 aliphatic heterocycles. The Morgan fingerprint density at radius 1 is 1.53 bits per heavy atom. The predicted molar refractivity (Wildman–Crippen MR) is 71.8 cm³/mol. The van der Waals surface area contributed by atoms with E-state index in [1.54, 1.807) is 0 Å². The van der Waals surface area contributed by atoms with E-state index in [1.165, 1.54) is 24.6 Å². The van der Waals surface area contributed by atoms with Crippen molar-refractivity contribution in [3.05, 3.63) is 33.9 Å². The summed E-state index contributed by atoms with van der Waals surface area (Å²) in [5, 5.41) is 13.7. The number of carbonyl (C=O) groups is 1. The van der Waals surface area contributed by atoms with Gasteiger partial charge in [0, 0.05) is 17.7 Å². The monoisotopic (exact) mass is 263 g/mol. The maximum Gasteiger partial charge on any atom is 0.292 e. The molecule has 1 fully saturated rings. The average Bonchev–Trinajstić information content (AvgIpc) is 2.26. The highest BCUT2D eigenvalue weighted by Gasteiger charge is 2.25. The van der Waals surface area contributed by atoms with Gasteiger partial charge in [-0.15, -0.1) is 0 Å². The van der Waals surface area contributed by atoms with E-state index in [2.05, 4.69) is 5.32 Å². The van der Waals surface area contributed by atoms with Crippen LogP contribution in [0.4, 0.5) is 11.4 Å². The Labute approximate surface area is 111 Å². The van der Waals surface area contributed by atoms with Gasteiger partial charge in [-0.2, -0.15) is 0 Å². The van der Waals surface area contributed by atoms with Crippen molar-refractivity contribution in [1.29, 1.82) is 0 Å². The second-order valence-corrected chi connectivity index (χ2v) is 4.98. The Hall–Kier alpha value is -2.11. The number of nitrogen functional groups attached to an aromatic ring is 1. The summed E-state index contributed by atoms with van der Waals surface area (Å²) in [5.41, 5.74) is 5.60. The van der Waals surface area contributed by atoms with Gasteiger partial charge in [-0.05, 0) is 37.8 Å². The fourth-order valence-electron chi connectivity index (χ4n) is 2.19. The molecule has 6 nitrogen and oxygen atoms in total. The van der Waals surface area contributed by atoms with Crippen molar-refractivity contribution in [2.45, 2.75) is 32.2 Å². The molecule has 1 aliphatic carbocycles. The second-order valence-electron chi connectivity index (χ2n) is 4.98. The first-order valence-electron chi connectivity index (χ1n) is 6.34. The van der Waals surface area contributed by atoms with Gasteiger partial charge in [-0.3, -0.25) is 14.9 Å². The molecule has 2 rings (SSSR count). The highest BCUT2D eigenvalue weighted by molar-refractivity contribution is 5.95. The van der Waals surface area contributed by atoms with Gasteiger partial charge < -0.3 is 11.1 Å². The van der Waals surface area contributed by atoms with Crippen LogP contribution in [0.15, 0.2) is 18.2 Å². The van der Waals surface area contributed by atoms with Crippen molar-refractivity contribution >= 4 is 17.3 Å². The normalized spacial score (nSPS) is 16.5. The zero-order valence-electron chi connectivity index (χ0n) is 10.8. The molecule has 19 heavy (non-hydrogen) atoms. The molecule has 6 heteroatoms. The van der Waals surface area contributed by atoms with Gasteiger partial charge in [0.2, 0.25) is 0 Å². The predicted octanol–water partition coefficient (Wildman–Crippen LogP) is 2.10. The summed E-state index contributed by atoms with van der Waals surface area (Å²) in [4.78, 5) is 22.2. The van der Waals surface area contributed by atoms with Crippen LogP contribution in [0, 0.1) is 16.0 Å². The van der Waals surface area contributed by atoms with Crippen molar-refractivity contribution in [2.75, 3.05) is 5.73 Å². The summed E-state index contributed by atoms with van der Waals surface area (Å²) in [6.07, 6.45) is 3.46. The minimum absolute atomic E-state index is 0.0635. The van der Waals surface area contributed by atoms with E-state index in [9.17, 15) is 14.9 Å². The molecule has 102 valence electrons. The smallest absolute Gasteiger partial charge is 0.292 e. The van der Waals surface area contributed by atoms with Gasteiger partial charge >= 0.3 is 0 Å². The third-order valence-electron chi connectivity index (χ3n) is 3.71. The van der Waals surface area contributed by atoms with Gasteiger partial charge in [0.1, 0.15) is 5.69 Å². The zero-order chi connectivity index (χ0) is 14.0. The van der Waals surface area contributed by atoms with E-state index >= 15 is 0 Å². The SMILES string of the molecule is CC(NC(=O)c1ccc(N)c([N+](=O)[O-])c1)C1CCC1. The average molecular weight is 263 g/mol. The molecule has 1 aliphatic rings. The molecule has 0 radical (unpaired) electrons. The van der Waals surface area contributed by atoms with E-state index in [4.69, 9.17) is 5.73 Å². The van der Waals surface area contributed by atoms with E-state index < -0.39 is 4.92 Å². The number of nitro benzene ring substituents is 1. The van der Waals surface area contributed by atoms with Crippen molar-refractivity contribution in [3.63, 3.8) is 0 Å². The van der Waals surface area contributed by atoms with Crippen molar-refractivity contribution in [1.82, 2.24) is 5.32 Å². The molecule has 0 aromatic heterocycles. The van der Waals surface area contributed by atoms with Crippen LogP contribution in [0.25, 0.3) is 0 Å². The lowest BCUT2D eigenvalue weighted by molar-refractivity contribution is -0.383. The molecule has 0 saturated heterocycles. The largest absolute Gasteiger partial charge is 0.393 e. The van der Waals surface area contributed by atoms with Crippen LogP contribution in [0.3, 0.4) is 0 Å². The van der Waals surface area contributed by atoms with Gasteiger partial charge in [-0.25, -0.2) is 0 Å². The van der Waals surface area contributed by atoms with Crippen LogP contribution in [0.1, 0.15) is 36.5 Å². The summed E-state index contributed by atoms with van der Waals surface area (Å²) in [5.74, 6) is 0.232. The lowest BCUT2D eigenvalue weighted by Gasteiger charge is -2.31. The number of nitrogens with one attached hydrogen (secondary N) is 1. The van der Waals surface area contributed by atoms with Crippen LogP contribution in [-0.4, -0.2) is 16.9 Å². The van der Waals surface area contributed by atoms with Crippen LogP contribution in [0.2, 0.25) is 0 Å². The summed E-state index contributed by atoms with van der Waals surface area (Å²) in [7, 11) is 0. The Balaban J connectivity index is 2.10. The van der Waals surface area contributed by atoms with Gasteiger partial charge in [0.15, 0.2) is 0 Å². The molecule has 3 N–H and O–H groups in total. The van der Waals surface area contributed by atoms with E-state index in [1.807, 2.05) is 6.92 Å². The van der Waals surface area contributed by atoms with Crippen LogP contribution in [0.5, 0.6) is 0 Å². The zero-order valence-corrected chi connectivity index (χ0v) is 10.8.